The molecule has 6 heteroatoms. The molecule has 0 atom stereocenters. The molecule has 1 heterocycles. The third kappa shape index (κ3) is 3.60. The van der Waals surface area contributed by atoms with Crippen LogP contribution in [0.25, 0.3) is 10.9 Å². The molecule has 0 radical (unpaired) electrons. The highest BCUT2D eigenvalue weighted by Gasteiger charge is 2.05. The van der Waals surface area contributed by atoms with Crippen LogP contribution in [0.15, 0.2) is 64.3 Å². The smallest absolute Gasteiger partial charge is 0.259 e. The lowest BCUT2D eigenvalue weighted by Crippen LogP contribution is -2.22. The van der Waals surface area contributed by atoms with Gasteiger partial charge in [-0.25, -0.2) is 5.43 Å². The molecular formula is C17H14BrN3O2. The molecule has 0 saturated heterocycles. The number of amides is 1. The van der Waals surface area contributed by atoms with Gasteiger partial charge in [0, 0.05) is 21.7 Å². The summed E-state index contributed by atoms with van der Waals surface area (Å²) in [5, 5.41) is 14.7. The number of halogens is 1. The Hall–Kier alpha value is -2.60. The zero-order chi connectivity index (χ0) is 16.2. The first-order chi connectivity index (χ1) is 11.1. The van der Waals surface area contributed by atoms with Crippen LogP contribution < -0.4 is 5.43 Å². The monoisotopic (exact) mass is 371 g/mol. The molecule has 23 heavy (non-hydrogen) atoms. The minimum absolute atomic E-state index is 0.0996. The van der Waals surface area contributed by atoms with Gasteiger partial charge >= 0.3 is 0 Å². The number of para-hydroxylation sites is 1. The van der Waals surface area contributed by atoms with Crippen LogP contribution in [0.2, 0.25) is 0 Å². The highest BCUT2D eigenvalue weighted by Crippen LogP contribution is 2.20. The molecule has 0 bridgehead atoms. The van der Waals surface area contributed by atoms with Crippen molar-refractivity contribution in [3.05, 3.63) is 64.8 Å². The quantitative estimate of drug-likeness (QED) is 0.545. The van der Waals surface area contributed by atoms with E-state index >= 15 is 0 Å². The largest absolute Gasteiger partial charge is 0.507 e. The van der Waals surface area contributed by atoms with Crippen molar-refractivity contribution in [2.24, 2.45) is 5.10 Å². The fourth-order valence-electron chi connectivity index (χ4n) is 2.27. The number of nitrogens with zero attached hydrogens (tertiary/aromatic N) is 2. The van der Waals surface area contributed by atoms with Crippen molar-refractivity contribution in [3.63, 3.8) is 0 Å². The van der Waals surface area contributed by atoms with Gasteiger partial charge in [0.1, 0.15) is 12.3 Å². The fraction of sp³-hybridized carbons (Fsp3) is 0.0588. The molecule has 3 rings (SSSR count). The topological polar surface area (TPSA) is 66.6 Å². The minimum atomic E-state index is -0.239. The van der Waals surface area contributed by atoms with Crippen molar-refractivity contribution in [3.8, 4) is 5.75 Å². The summed E-state index contributed by atoms with van der Waals surface area (Å²) in [5.41, 5.74) is 3.98. The van der Waals surface area contributed by atoms with E-state index < -0.39 is 0 Å². The summed E-state index contributed by atoms with van der Waals surface area (Å²) in [6.07, 6.45) is 3.28. The lowest BCUT2D eigenvalue weighted by Gasteiger charge is -2.04. The van der Waals surface area contributed by atoms with E-state index in [9.17, 15) is 9.90 Å². The van der Waals surface area contributed by atoms with Gasteiger partial charge in [-0.3, -0.25) is 4.79 Å². The minimum Gasteiger partial charge on any atom is -0.507 e. The summed E-state index contributed by atoms with van der Waals surface area (Å²) in [5.74, 6) is -0.139. The Morgan fingerprint density at radius 2 is 2.09 bits per heavy atom. The van der Waals surface area contributed by atoms with Gasteiger partial charge in [-0.05, 0) is 35.7 Å². The van der Waals surface area contributed by atoms with E-state index in [-0.39, 0.29) is 18.2 Å². The number of aromatic nitrogens is 1. The Balaban J connectivity index is 1.66. The van der Waals surface area contributed by atoms with Gasteiger partial charge in [0.05, 0.1) is 6.21 Å². The molecule has 1 amide bonds. The Morgan fingerprint density at radius 3 is 2.96 bits per heavy atom. The van der Waals surface area contributed by atoms with E-state index in [1.54, 1.807) is 18.2 Å². The van der Waals surface area contributed by atoms with Crippen molar-refractivity contribution < 1.29 is 9.90 Å². The molecule has 0 spiro atoms. The number of fused-ring (bicyclic) bond motifs is 1. The molecule has 0 unspecified atom stereocenters. The maximum Gasteiger partial charge on any atom is 0.259 e. The van der Waals surface area contributed by atoms with Gasteiger partial charge < -0.3 is 9.67 Å². The van der Waals surface area contributed by atoms with Gasteiger partial charge in [0.15, 0.2) is 0 Å². The second kappa shape index (κ2) is 6.66. The molecule has 0 aliphatic heterocycles. The average molecular weight is 372 g/mol. The zero-order valence-electron chi connectivity index (χ0n) is 12.1. The average Bonchev–Trinajstić information content (AvgIpc) is 2.94. The van der Waals surface area contributed by atoms with Crippen LogP contribution in [0.3, 0.4) is 0 Å². The molecule has 3 aromatic rings. The first-order valence-electron chi connectivity index (χ1n) is 6.98. The standard InChI is InChI=1S/C17H14BrN3O2/c18-14-5-6-16(22)13(9-14)10-19-20-17(23)11-21-8-7-12-3-1-2-4-15(12)21/h1-10,22H,11H2,(H,20,23)/b19-10+. The maximum absolute atomic E-state index is 12.0. The van der Waals surface area contributed by atoms with Crippen LogP contribution in [0.5, 0.6) is 5.75 Å². The Morgan fingerprint density at radius 1 is 1.26 bits per heavy atom. The van der Waals surface area contributed by atoms with Crippen molar-refractivity contribution in [1.82, 2.24) is 9.99 Å². The second-order valence-electron chi connectivity index (χ2n) is 5.00. The summed E-state index contributed by atoms with van der Waals surface area (Å²) >= 11 is 3.32. The van der Waals surface area contributed by atoms with E-state index in [2.05, 4.69) is 26.5 Å². The lowest BCUT2D eigenvalue weighted by molar-refractivity contribution is -0.121. The van der Waals surface area contributed by atoms with Crippen LogP contribution in [0.1, 0.15) is 5.56 Å². The molecule has 0 aliphatic rings. The normalized spacial score (nSPS) is 11.2. The predicted molar refractivity (Wildman–Crippen MR) is 93.5 cm³/mol. The third-order valence-electron chi connectivity index (χ3n) is 3.38. The van der Waals surface area contributed by atoms with Crippen molar-refractivity contribution >= 4 is 39.0 Å². The highest BCUT2D eigenvalue weighted by molar-refractivity contribution is 9.10. The predicted octanol–water partition coefficient (Wildman–Crippen LogP) is 3.26. The molecule has 0 fully saturated rings. The van der Waals surface area contributed by atoms with E-state index in [4.69, 9.17) is 0 Å². The number of hydrogen-bond acceptors (Lipinski definition) is 3. The number of hydrogen-bond donors (Lipinski definition) is 2. The van der Waals surface area contributed by atoms with Crippen LogP contribution in [0, 0.1) is 0 Å². The fourth-order valence-corrected chi connectivity index (χ4v) is 2.65. The maximum atomic E-state index is 12.0. The van der Waals surface area contributed by atoms with Gasteiger partial charge in [-0.15, -0.1) is 0 Å². The van der Waals surface area contributed by atoms with Crippen molar-refractivity contribution in [1.29, 1.82) is 0 Å². The summed E-state index contributed by atoms with van der Waals surface area (Å²) in [6, 6.07) is 14.8. The molecule has 2 aromatic carbocycles. The molecule has 5 nitrogen and oxygen atoms in total. The third-order valence-corrected chi connectivity index (χ3v) is 3.87. The first kappa shape index (κ1) is 15.3. The Labute approximate surface area is 141 Å². The van der Waals surface area contributed by atoms with E-state index in [1.807, 2.05) is 41.1 Å². The number of benzene rings is 2. The molecule has 2 N–H and O–H groups in total. The molecule has 0 aliphatic carbocycles. The molecule has 116 valence electrons. The Kier molecular flexibility index (Phi) is 4.43. The van der Waals surface area contributed by atoms with Crippen LogP contribution in [0.4, 0.5) is 0 Å². The van der Waals surface area contributed by atoms with Gasteiger partial charge in [0.2, 0.25) is 0 Å². The van der Waals surface area contributed by atoms with E-state index in [0.717, 1.165) is 15.4 Å². The SMILES string of the molecule is O=C(Cn1ccc2ccccc21)N/N=C/c1cc(Br)ccc1O. The van der Waals surface area contributed by atoms with E-state index in [1.165, 1.54) is 6.21 Å². The molecular weight excluding hydrogens is 358 g/mol. The van der Waals surface area contributed by atoms with Gasteiger partial charge in [-0.1, -0.05) is 34.1 Å². The lowest BCUT2D eigenvalue weighted by atomic mass is 10.2. The summed E-state index contributed by atoms with van der Waals surface area (Å²) < 4.78 is 2.68. The second-order valence-corrected chi connectivity index (χ2v) is 5.91. The number of aromatic hydroxyl groups is 1. The van der Waals surface area contributed by atoms with Crippen molar-refractivity contribution in [2.45, 2.75) is 6.54 Å². The van der Waals surface area contributed by atoms with E-state index in [0.29, 0.717) is 5.56 Å². The first-order valence-corrected chi connectivity index (χ1v) is 7.77. The molecule has 0 saturated carbocycles. The van der Waals surface area contributed by atoms with Gasteiger partial charge in [-0.2, -0.15) is 5.10 Å². The van der Waals surface area contributed by atoms with Crippen LogP contribution in [-0.2, 0) is 11.3 Å². The van der Waals surface area contributed by atoms with Crippen LogP contribution >= 0.6 is 15.9 Å². The number of carbonyl (C=O) groups is 1. The number of phenols is 1. The van der Waals surface area contributed by atoms with Gasteiger partial charge in [0.25, 0.3) is 5.91 Å². The van der Waals surface area contributed by atoms with Crippen LogP contribution in [-0.4, -0.2) is 21.8 Å². The molecule has 1 aromatic heterocycles. The zero-order valence-corrected chi connectivity index (χ0v) is 13.7. The number of carbonyl (C=O) groups excluding carboxylic acids is 1. The number of phenolic OH excluding ortho intramolecular Hbond substituents is 1. The number of nitrogens with one attached hydrogen (secondary N) is 1. The number of rotatable bonds is 4. The summed E-state index contributed by atoms with van der Waals surface area (Å²) in [4.78, 5) is 12.0. The highest BCUT2D eigenvalue weighted by atomic mass is 79.9. The number of hydrazone groups is 1. The Bertz CT molecular complexity index is 886. The summed E-state index contributed by atoms with van der Waals surface area (Å²) in [7, 11) is 0. The summed E-state index contributed by atoms with van der Waals surface area (Å²) in [6.45, 7) is 0.176. The van der Waals surface area contributed by atoms with Crippen molar-refractivity contribution in [2.75, 3.05) is 0 Å².